The molecule has 1 unspecified atom stereocenters. The first-order chi connectivity index (χ1) is 16.1. The molecular weight excluding hydrogens is 470 g/mol. The van der Waals surface area contributed by atoms with Crippen LogP contribution in [-0.2, 0) is 13.0 Å². The molecule has 3 rings (SSSR count). The summed E-state index contributed by atoms with van der Waals surface area (Å²) in [7, 11) is 1.53. The van der Waals surface area contributed by atoms with Crippen molar-refractivity contribution in [2.24, 2.45) is 0 Å². The van der Waals surface area contributed by atoms with Crippen molar-refractivity contribution in [3.8, 4) is 11.8 Å². The van der Waals surface area contributed by atoms with E-state index in [1.54, 1.807) is 12.3 Å². The number of aliphatic hydroxyl groups excluding tert-OH is 1. The van der Waals surface area contributed by atoms with Gasteiger partial charge in [-0.15, -0.1) is 4.90 Å². The number of carbonyl (C=O) groups is 2. The zero-order chi connectivity index (χ0) is 25.2. The van der Waals surface area contributed by atoms with E-state index in [9.17, 15) is 24.9 Å². The SMILES string of the molecule is COc1c(C)cnc(Cn2nc(CCC(O)C#N)c3c(Cl)nc(N(C(=O)O)C(=O)O)nc32)c1C. The highest BCUT2D eigenvalue weighted by molar-refractivity contribution is 6.34. The quantitative estimate of drug-likeness (QED) is 0.326. The van der Waals surface area contributed by atoms with Crippen LogP contribution >= 0.6 is 11.6 Å². The second-order valence-electron chi connectivity index (χ2n) is 7.25. The lowest BCUT2D eigenvalue weighted by atomic mass is 10.1. The molecule has 14 heteroatoms. The Morgan fingerprint density at radius 2 is 1.94 bits per heavy atom. The van der Waals surface area contributed by atoms with Gasteiger partial charge in [-0.05, 0) is 26.7 Å². The summed E-state index contributed by atoms with van der Waals surface area (Å²) in [6.07, 6.45) is -3.06. The number of nitrogens with zero attached hydrogens (tertiary/aromatic N) is 7. The van der Waals surface area contributed by atoms with Gasteiger partial charge >= 0.3 is 12.2 Å². The third kappa shape index (κ3) is 4.68. The van der Waals surface area contributed by atoms with Crippen molar-refractivity contribution in [3.05, 3.63) is 33.9 Å². The van der Waals surface area contributed by atoms with Gasteiger partial charge in [0, 0.05) is 17.3 Å². The lowest BCUT2D eigenvalue weighted by Gasteiger charge is -2.13. The van der Waals surface area contributed by atoms with Crippen LogP contribution < -0.4 is 9.64 Å². The van der Waals surface area contributed by atoms with Gasteiger partial charge < -0.3 is 20.1 Å². The van der Waals surface area contributed by atoms with Gasteiger partial charge in [0.1, 0.15) is 17.0 Å². The Morgan fingerprint density at radius 1 is 1.26 bits per heavy atom. The molecule has 0 aliphatic rings. The Hall–Kier alpha value is -4.02. The summed E-state index contributed by atoms with van der Waals surface area (Å²) >= 11 is 6.31. The predicted octanol–water partition coefficient (Wildman–Crippen LogP) is 2.53. The Morgan fingerprint density at radius 3 is 2.53 bits per heavy atom. The van der Waals surface area contributed by atoms with Crippen LogP contribution in [0.4, 0.5) is 15.5 Å². The number of pyridine rings is 1. The predicted molar refractivity (Wildman–Crippen MR) is 118 cm³/mol. The Kier molecular flexibility index (Phi) is 7.14. The summed E-state index contributed by atoms with van der Waals surface area (Å²) in [4.78, 5) is 35.2. The Labute approximate surface area is 197 Å². The molecule has 2 amide bonds. The van der Waals surface area contributed by atoms with Crippen molar-refractivity contribution in [3.63, 3.8) is 0 Å². The van der Waals surface area contributed by atoms with E-state index in [2.05, 4.69) is 20.1 Å². The highest BCUT2D eigenvalue weighted by Crippen LogP contribution is 2.30. The number of halogens is 1. The summed E-state index contributed by atoms with van der Waals surface area (Å²) in [5.41, 5.74) is 2.54. The topological polar surface area (TPSA) is 188 Å². The van der Waals surface area contributed by atoms with E-state index in [0.29, 0.717) is 17.1 Å². The lowest BCUT2D eigenvalue weighted by Crippen LogP contribution is -2.36. The van der Waals surface area contributed by atoms with E-state index in [1.807, 2.05) is 13.8 Å². The first-order valence-corrected chi connectivity index (χ1v) is 10.2. The normalized spacial score (nSPS) is 11.8. The standard InChI is InChI=1S/C20H20ClN7O6/c1-9-7-23-13(10(2)15(9)34-3)8-27-17-14(12(26-27)5-4-11(29)6-22)16(21)24-18(25-17)28(19(30)31)20(32)33/h7,11,29H,4-5,8H2,1-3H3,(H,30,31)(H,32,33). The fourth-order valence-corrected chi connectivity index (χ4v) is 3.71. The number of hydrogen-bond acceptors (Lipinski definition) is 9. The number of fused-ring (bicyclic) bond motifs is 1. The average molecular weight is 490 g/mol. The molecule has 3 aromatic heterocycles. The molecule has 0 saturated carbocycles. The summed E-state index contributed by atoms with van der Waals surface area (Å²) in [6, 6.07) is 1.71. The van der Waals surface area contributed by atoms with Crippen LogP contribution in [0.3, 0.4) is 0 Å². The highest BCUT2D eigenvalue weighted by atomic mass is 35.5. The number of aryl methyl sites for hydroxylation is 2. The van der Waals surface area contributed by atoms with Crippen LogP contribution in [0.15, 0.2) is 6.20 Å². The summed E-state index contributed by atoms with van der Waals surface area (Å²) in [5.74, 6) is -0.0384. The number of hydrogen-bond donors (Lipinski definition) is 3. The second-order valence-corrected chi connectivity index (χ2v) is 7.61. The number of amides is 2. The van der Waals surface area contributed by atoms with Gasteiger partial charge in [-0.3, -0.25) is 4.98 Å². The Balaban J connectivity index is 2.20. The number of carboxylic acid groups (broad SMARTS) is 2. The smallest absolute Gasteiger partial charge is 0.424 e. The third-order valence-electron chi connectivity index (χ3n) is 5.04. The molecule has 3 N–H and O–H groups in total. The molecule has 0 fully saturated rings. The van der Waals surface area contributed by atoms with Crippen molar-refractivity contribution in [2.75, 3.05) is 12.0 Å². The number of anilines is 1. The van der Waals surface area contributed by atoms with E-state index in [1.165, 1.54) is 11.8 Å². The fourth-order valence-electron chi connectivity index (χ4n) is 3.44. The number of methoxy groups -OCH3 is 1. The van der Waals surface area contributed by atoms with Crippen molar-refractivity contribution >= 4 is 40.8 Å². The van der Waals surface area contributed by atoms with Crippen LogP contribution in [0.2, 0.25) is 5.15 Å². The highest BCUT2D eigenvalue weighted by Gasteiger charge is 2.28. The van der Waals surface area contributed by atoms with Crippen molar-refractivity contribution in [1.29, 1.82) is 5.26 Å². The number of aliphatic hydroxyl groups is 1. The molecule has 3 aromatic rings. The van der Waals surface area contributed by atoms with Crippen molar-refractivity contribution < 1.29 is 29.6 Å². The van der Waals surface area contributed by atoms with Crippen LogP contribution in [0, 0.1) is 25.2 Å². The molecule has 0 aromatic carbocycles. The van der Waals surface area contributed by atoms with E-state index < -0.39 is 24.2 Å². The second kappa shape index (κ2) is 9.86. The number of aromatic nitrogens is 5. The summed E-state index contributed by atoms with van der Waals surface area (Å²) in [6.45, 7) is 3.72. The number of nitriles is 1. The lowest BCUT2D eigenvalue weighted by molar-refractivity contribution is 0.183. The van der Waals surface area contributed by atoms with Crippen LogP contribution in [-0.4, -0.2) is 65.5 Å². The maximum atomic E-state index is 11.4. The fraction of sp³-hybridized carbons (Fsp3) is 0.350. The van der Waals surface area contributed by atoms with Gasteiger partial charge in [0.05, 0.1) is 36.5 Å². The number of imide groups is 1. The van der Waals surface area contributed by atoms with E-state index in [-0.39, 0.29) is 40.5 Å². The minimum Gasteiger partial charge on any atom is -0.496 e. The van der Waals surface area contributed by atoms with Gasteiger partial charge in [-0.25, -0.2) is 14.3 Å². The molecule has 0 radical (unpaired) electrons. The summed E-state index contributed by atoms with van der Waals surface area (Å²) in [5, 5.41) is 41.6. The van der Waals surface area contributed by atoms with Gasteiger partial charge in [0.25, 0.3) is 0 Å². The van der Waals surface area contributed by atoms with E-state index in [0.717, 1.165) is 11.1 Å². The molecule has 178 valence electrons. The van der Waals surface area contributed by atoms with Crippen molar-refractivity contribution in [2.45, 2.75) is 39.3 Å². The monoisotopic (exact) mass is 489 g/mol. The zero-order valence-corrected chi connectivity index (χ0v) is 19.1. The molecule has 13 nitrogen and oxygen atoms in total. The van der Waals surface area contributed by atoms with Gasteiger partial charge in [-0.2, -0.15) is 20.3 Å². The van der Waals surface area contributed by atoms with Gasteiger partial charge in [-0.1, -0.05) is 11.6 Å². The largest absolute Gasteiger partial charge is 0.496 e. The molecule has 0 aliphatic heterocycles. The molecule has 1 atom stereocenters. The zero-order valence-electron chi connectivity index (χ0n) is 18.4. The third-order valence-corrected chi connectivity index (χ3v) is 5.32. The molecule has 0 aliphatic carbocycles. The van der Waals surface area contributed by atoms with Gasteiger partial charge in [0.15, 0.2) is 5.65 Å². The Bertz CT molecular complexity index is 1310. The van der Waals surface area contributed by atoms with Crippen LogP contribution in [0.25, 0.3) is 11.0 Å². The first kappa shape index (κ1) is 24.6. The first-order valence-electron chi connectivity index (χ1n) is 9.84. The van der Waals surface area contributed by atoms with E-state index >= 15 is 0 Å². The number of ether oxygens (including phenoxy) is 1. The van der Waals surface area contributed by atoms with E-state index in [4.69, 9.17) is 21.6 Å². The van der Waals surface area contributed by atoms with Gasteiger partial charge in [0.2, 0.25) is 5.95 Å². The molecule has 0 bridgehead atoms. The van der Waals surface area contributed by atoms with Crippen molar-refractivity contribution in [1.82, 2.24) is 24.7 Å². The maximum absolute atomic E-state index is 11.4. The number of rotatable bonds is 7. The maximum Gasteiger partial charge on any atom is 0.424 e. The van der Waals surface area contributed by atoms with Crippen LogP contribution in [0.1, 0.15) is 28.9 Å². The molecule has 34 heavy (non-hydrogen) atoms. The molecule has 0 spiro atoms. The molecule has 0 saturated heterocycles. The minimum atomic E-state index is -1.81. The van der Waals surface area contributed by atoms with Crippen LogP contribution in [0.5, 0.6) is 5.75 Å². The molecule has 3 heterocycles. The minimum absolute atomic E-state index is 0.0483. The molecular formula is C20H20ClN7O6. The average Bonchev–Trinajstić information content (AvgIpc) is 3.11. The summed E-state index contributed by atoms with van der Waals surface area (Å²) < 4.78 is 6.82.